The van der Waals surface area contributed by atoms with E-state index >= 15 is 0 Å². The van der Waals surface area contributed by atoms with Crippen molar-refractivity contribution < 1.29 is 9.53 Å². The van der Waals surface area contributed by atoms with Gasteiger partial charge in [0.2, 0.25) is 0 Å². The summed E-state index contributed by atoms with van der Waals surface area (Å²) in [5.74, 6) is 0.148. The highest BCUT2D eigenvalue weighted by atomic mass is 35.5. The van der Waals surface area contributed by atoms with E-state index in [4.69, 9.17) is 4.74 Å². The highest BCUT2D eigenvalue weighted by Crippen LogP contribution is 2.40. The molecule has 2 atom stereocenters. The number of halogens is 1. The Morgan fingerprint density at radius 3 is 2.65 bits per heavy atom. The number of carbonyl (C=O) groups is 1. The van der Waals surface area contributed by atoms with Gasteiger partial charge in [0.15, 0.2) is 0 Å². The number of ether oxygens (including phenoxy) is 1. The van der Waals surface area contributed by atoms with Crippen molar-refractivity contribution in [3.8, 4) is 0 Å². The molecule has 1 saturated carbocycles. The second-order valence-electron chi connectivity index (χ2n) is 6.52. The zero-order chi connectivity index (χ0) is 16.0. The summed E-state index contributed by atoms with van der Waals surface area (Å²) >= 11 is 0. The van der Waals surface area contributed by atoms with E-state index in [2.05, 4.69) is 25.6 Å². The number of hydrogen-bond donors (Lipinski definition) is 0. The minimum absolute atomic E-state index is 0. The van der Waals surface area contributed by atoms with Crippen LogP contribution >= 0.6 is 12.4 Å². The number of benzene rings is 1. The van der Waals surface area contributed by atoms with Crippen LogP contribution in [0.3, 0.4) is 0 Å². The van der Waals surface area contributed by atoms with E-state index in [9.17, 15) is 4.79 Å². The van der Waals surface area contributed by atoms with Gasteiger partial charge in [-0.05, 0) is 45.5 Å². The fourth-order valence-electron chi connectivity index (χ4n) is 3.49. The fraction of sp³-hybridized carbons (Fsp3) is 0.526. The molecule has 0 bridgehead atoms. The summed E-state index contributed by atoms with van der Waals surface area (Å²) in [5.41, 5.74) is 0.220. The number of hydrogen-bond acceptors (Lipinski definition) is 3. The Morgan fingerprint density at radius 2 is 2.04 bits per heavy atom. The Kier molecular flexibility index (Phi) is 7.80. The van der Waals surface area contributed by atoms with E-state index in [1.54, 1.807) is 0 Å². The number of carbonyl (C=O) groups excluding carboxylic acids is 1. The first kappa shape index (κ1) is 19.7. The first-order valence-corrected chi connectivity index (χ1v) is 8.11. The van der Waals surface area contributed by atoms with E-state index in [0.29, 0.717) is 11.5 Å². The van der Waals surface area contributed by atoms with Crippen LogP contribution in [0.2, 0.25) is 0 Å². The Balaban J connectivity index is 0.00000264. The molecule has 128 valence electrons. The third-order valence-electron chi connectivity index (χ3n) is 4.53. The SMILES string of the molecule is C=CCC1(OC(=O)c2ccccc2)CCCCC1CN(C)C.Cl. The van der Waals surface area contributed by atoms with Crippen molar-refractivity contribution in [2.24, 2.45) is 5.92 Å². The number of esters is 1. The van der Waals surface area contributed by atoms with Crippen LogP contribution in [0.15, 0.2) is 43.0 Å². The minimum atomic E-state index is -0.406. The van der Waals surface area contributed by atoms with E-state index in [1.165, 1.54) is 6.42 Å². The molecule has 2 unspecified atom stereocenters. The monoisotopic (exact) mass is 337 g/mol. The van der Waals surface area contributed by atoms with Crippen molar-refractivity contribution in [3.63, 3.8) is 0 Å². The molecule has 3 nitrogen and oxygen atoms in total. The molecule has 0 amide bonds. The summed E-state index contributed by atoms with van der Waals surface area (Å²) in [7, 11) is 4.15. The molecule has 23 heavy (non-hydrogen) atoms. The molecular formula is C19H28ClNO2. The molecule has 0 aliphatic heterocycles. The molecule has 1 aromatic carbocycles. The van der Waals surface area contributed by atoms with Crippen LogP contribution in [0.25, 0.3) is 0 Å². The van der Waals surface area contributed by atoms with Gasteiger partial charge in [0, 0.05) is 18.9 Å². The third-order valence-corrected chi connectivity index (χ3v) is 4.53. The summed E-state index contributed by atoms with van der Waals surface area (Å²) in [6, 6.07) is 9.27. The van der Waals surface area contributed by atoms with Gasteiger partial charge in [-0.2, -0.15) is 0 Å². The van der Waals surface area contributed by atoms with E-state index < -0.39 is 5.60 Å². The standard InChI is InChI=1S/C19H27NO2.ClH/c1-4-13-19(14-9-8-12-17(19)15-20(2)3)22-18(21)16-10-6-5-7-11-16;/h4-7,10-11,17H,1,8-9,12-15H2,2-3H3;1H. The molecular weight excluding hydrogens is 310 g/mol. The van der Waals surface area contributed by atoms with E-state index in [-0.39, 0.29) is 18.4 Å². The summed E-state index contributed by atoms with van der Waals surface area (Å²) in [6.45, 7) is 4.83. The van der Waals surface area contributed by atoms with Gasteiger partial charge in [-0.3, -0.25) is 0 Å². The maximum absolute atomic E-state index is 12.6. The number of rotatable bonds is 6. The van der Waals surface area contributed by atoms with Crippen LogP contribution in [0.4, 0.5) is 0 Å². The van der Waals surface area contributed by atoms with E-state index in [1.807, 2.05) is 36.4 Å². The fourth-order valence-corrected chi connectivity index (χ4v) is 3.49. The molecule has 4 heteroatoms. The normalized spacial score (nSPS) is 23.9. The first-order valence-electron chi connectivity index (χ1n) is 8.11. The average molecular weight is 338 g/mol. The van der Waals surface area contributed by atoms with Gasteiger partial charge in [-0.15, -0.1) is 19.0 Å². The number of nitrogens with zero attached hydrogens (tertiary/aromatic N) is 1. The van der Waals surface area contributed by atoms with Gasteiger partial charge >= 0.3 is 5.97 Å². The summed E-state index contributed by atoms with van der Waals surface area (Å²) < 4.78 is 6.08. The van der Waals surface area contributed by atoms with Crippen LogP contribution in [0.5, 0.6) is 0 Å². The Labute approximate surface area is 146 Å². The lowest BCUT2D eigenvalue weighted by molar-refractivity contribution is -0.0751. The van der Waals surface area contributed by atoms with Crippen LogP contribution < -0.4 is 0 Å². The summed E-state index contributed by atoms with van der Waals surface area (Å²) in [6.07, 6.45) is 6.97. The van der Waals surface area contributed by atoms with Crippen molar-refractivity contribution in [3.05, 3.63) is 48.6 Å². The lowest BCUT2D eigenvalue weighted by Gasteiger charge is -2.44. The van der Waals surface area contributed by atoms with Crippen molar-refractivity contribution >= 4 is 18.4 Å². The average Bonchev–Trinajstić information content (AvgIpc) is 2.50. The highest BCUT2D eigenvalue weighted by molar-refractivity contribution is 5.89. The Hall–Kier alpha value is -1.32. The molecule has 1 aliphatic carbocycles. The Morgan fingerprint density at radius 1 is 1.35 bits per heavy atom. The quantitative estimate of drug-likeness (QED) is 0.571. The predicted octanol–water partition coefficient (Wildman–Crippen LogP) is 4.33. The van der Waals surface area contributed by atoms with Crippen molar-refractivity contribution in [1.29, 1.82) is 0 Å². The molecule has 0 saturated heterocycles. The molecule has 0 heterocycles. The van der Waals surface area contributed by atoms with Crippen LogP contribution in [-0.4, -0.2) is 37.1 Å². The van der Waals surface area contributed by atoms with Crippen molar-refractivity contribution in [2.45, 2.75) is 37.7 Å². The Bertz CT molecular complexity index is 503. The second-order valence-corrected chi connectivity index (χ2v) is 6.52. The zero-order valence-corrected chi connectivity index (χ0v) is 15.0. The molecule has 0 N–H and O–H groups in total. The highest BCUT2D eigenvalue weighted by Gasteiger charge is 2.43. The van der Waals surface area contributed by atoms with Gasteiger partial charge in [-0.25, -0.2) is 4.79 Å². The van der Waals surface area contributed by atoms with Crippen molar-refractivity contribution in [1.82, 2.24) is 4.90 Å². The summed E-state index contributed by atoms with van der Waals surface area (Å²) in [4.78, 5) is 14.7. The van der Waals surface area contributed by atoms with Crippen molar-refractivity contribution in [2.75, 3.05) is 20.6 Å². The topological polar surface area (TPSA) is 29.5 Å². The largest absolute Gasteiger partial charge is 0.455 e. The first-order chi connectivity index (χ1) is 10.6. The molecule has 0 radical (unpaired) electrons. The molecule has 1 aromatic rings. The van der Waals surface area contributed by atoms with Gasteiger partial charge < -0.3 is 9.64 Å². The maximum Gasteiger partial charge on any atom is 0.338 e. The van der Waals surface area contributed by atoms with Gasteiger partial charge in [-0.1, -0.05) is 30.7 Å². The third kappa shape index (κ3) is 5.08. The molecule has 0 aromatic heterocycles. The van der Waals surface area contributed by atoms with Crippen LogP contribution in [0.1, 0.15) is 42.5 Å². The van der Waals surface area contributed by atoms with Gasteiger partial charge in [0.1, 0.15) is 5.60 Å². The zero-order valence-electron chi connectivity index (χ0n) is 14.2. The van der Waals surface area contributed by atoms with E-state index in [0.717, 1.165) is 32.2 Å². The van der Waals surface area contributed by atoms with Gasteiger partial charge in [0.05, 0.1) is 5.56 Å². The van der Waals surface area contributed by atoms with Crippen LogP contribution in [0, 0.1) is 5.92 Å². The van der Waals surface area contributed by atoms with Gasteiger partial charge in [0.25, 0.3) is 0 Å². The minimum Gasteiger partial charge on any atom is -0.455 e. The molecule has 0 spiro atoms. The molecule has 2 rings (SSSR count). The lowest BCUT2D eigenvalue weighted by atomic mass is 9.73. The summed E-state index contributed by atoms with van der Waals surface area (Å²) in [5, 5.41) is 0. The smallest absolute Gasteiger partial charge is 0.338 e. The maximum atomic E-state index is 12.6. The lowest BCUT2D eigenvalue weighted by Crippen LogP contribution is -2.48. The second kappa shape index (κ2) is 9.09. The molecule has 1 fully saturated rings. The molecule has 1 aliphatic rings. The predicted molar refractivity (Wildman–Crippen MR) is 97.2 cm³/mol. The van der Waals surface area contributed by atoms with Crippen LogP contribution in [-0.2, 0) is 4.74 Å².